The molecule has 0 radical (unpaired) electrons. The van der Waals surface area contributed by atoms with Crippen LogP contribution in [-0.2, 0) is 9.59 Å². The van der Waals surface area contributed by atoms with Crippen molar-refractivity contribution >= 4 is 44.4 Å². The van der Waals surface area contributed by atoms with E-state index in [1.165, 1.54) is 24.0 Å². The summed E-state index contributed by atoms with van der Waals surface area (Å²) in [5.41, 5.74) is 4.89. The smallest absolute Gasteiger partial charge is 0.138 e. The Morgan fingerprint density at radius 2 is 1.67 bits per heavy atom. The zero-order valence-corrected chi connectivity index (χ0v) is 16.5. The third-order valence-corrected chi connectivity index (χ3v) is 6.59. The summed E-state index contributed by atoms with van der Waals surface area (Å²) < 4.78 is 0. The van der Waals surface area contributed by atoms with E-state index in [1.807, 2.05) is 0 Å². The number of carbonyl (C=O) groups is 2. The first-order valence-corrected chi connectivity index (χ1v) is 10.2. The highest BCUT2D eigenvalue weighted by Crippen LogP contribution is 2.44. The average Bonchev–Trinajstić information content (AvgIpc) is 2.64. The van der Waals surface area contributed by atoms with E-state index in [2.05, 4.69) is 68.3 Å². The van der Waals surface area contributed by atoms with Crippen LogP contribution in [0.25, 0.3) is 0 Å². The Morgan fingerprint density at radius 3 is 2.38 bits per heavy atom. The largest absolute Gasteiger partial charge is 0.302 e. The maximum atomic E-state index is 11.1. The van der Waals surface area contributed by atoms with Crippen LogP contribution in [0.5, 0.6) is 0 Å². The summed E-state index contributed by atoms with van der Waals surface area (Å²) in [6, 6.07) is 6.47. The molecule has 1 aromatic rings. The highest BCUT2D eigenvalue weighted by atomic mass is 79.9. The fourth-order valence-corrected chi connectivity index (χ4v) is 4.39. The summed E-state index contributed by atoms with van der Waals surface area (Å²) in [4.78, 5) is 21.7. The maximum absolute atomic E-state index is 11.1. The van der Waals surface area contributed by atoms with Gasteiger partial charge >= 0.3 is 0 Å². The average molecular weight is 452 g/mol. The van der Waals surface area contributed by atoms with Gasteiger partial charge in [-0.1, -0.05) is 68.3 Å². The van der Waals surface area contributed by atoms with Gasteiger partial charge in [0.1, 0.15) is 12.6 Å². The minimum atomic E-state index is -0.236. The summed E-state index contributed by atoms with van der Waals surface area (Å²) in [5.74, 6) is 0.978. The molecule has 0 saturated carbocycles. The number of carbonyl (C=O) groups excluding carboxylic acids is 2. The first kappa shape index (κ1) is 17.8. The van der Waals surface area contributed by atoms with E-state index in [-0.39, 0.29) is 9.65 Å². The van der Waals surface area contributed by atoms with Gasteiger partial charge in [-0.25, -0.2) is 0 Å². The molecule has 4 unspecified atom stereocenters. The number of benzene rings is 1. The molecule has 0 spiro atoms. The standard InChI is InChI=1S/C20H20Br2O2/c21-19(11-23)15-3-1-2-13-4-5-14(6-7-15)17-9-8-16(10-18(13)17)20(22)12-24/h1,3,7-14,19-20H,2,4-6H2/b3-1-,15-7-. The van der Waals surface area contributed by atoms with Crippen molar-refractivity contribution in [2.24, 2.45) is 0 Å². The summed E-state index contributed by atoms with van der Waals surface area (Å²) in [6.07, 6.45) is 12.6. The van der Waals surface area contributed by atoms with Gasteiger partial charge in [0, 0.05) is 0 Å². The Labute approximate surface area is 159 Å². The molecule has 3 aliphatic rings. The van der Waals surface area contributed by atoms with Crippen molar-refractivity contribution in [2.75, 3.05) is 0 Å². The third kappa shape index (κ3) is 3.65. The SMILES string of the molecule is O=CC(Br)C1=C\CC2CCC(C/C=C\1)c1cc(C(Br)C=O)ccc12. The predicted octanol–water partition coefficient (Wildman–Crippen LogP) is 5.52. The van der Waals surface area contributed by atoms with Crippen molar-refractivity contribution in [2.45, 2.75) is 47.2 Å². The number of allylic oxidation sites excluding steroid dienone is 4. The zero-order valence-electron chi connectivity index (χ0n) is 13.3. The Balaban J connectivity index is 1.99. The second kappa shape index (κ2) is 7.92. The number of aldehydes is 2. The van der Waals surface area contributed by atoms with Crippen molar-refractivity contribution in [3.63, 3.8) is 0 Å². The second-order valence-electron chi connectivity index (χ2n) is 6.51. The normalized spacial score (nSPS) is 28.8. The van der Waals surface area contributed by atoms with E-state index in [1.54, 1.807) is 0 Å². The van der Waals surface area contributed by atoms with Crippen LogP contribution in [0.2, 0.25) is 0 Å². The van der Waals surface area contributed by atoms with Gasteiger partial charge in [-0.2, -0.15) is 0 Å². The molecular weight excluding hydrogens is 432 g/mol. The number of halogens is 2. The number of fused-ring (bicyclic) bond motifs is 4. The fourth-order valence-electron chi connectivity index (χ4n) is 3.77. The second-order valence-corrected chi connectivity index (χ2v) is 8.49. The van der Waals surface area contributed by atoms with Gasteiger partial charge in [-0.05, 0) is 59.8 Å². The number of hydrogen-bond acceptors (Lipinski definition) is 2. The first-order valence-electron chi connectivity index (χ1n) is 8.33. The molecule has 4 rings (SSSR count). The monoisotopic (exact) mass is 450 g/mol. The van der Waals surface area contributed by atoms with Gasteiger partial charge in [-0.3, -0.25) is 0 Å². The van der Waals surface area contributed by atoms with E-state index in [9.17, 15) is 9.59 Å². The van der Waals surface area contributed by atoms with E-state index in [4.69, 9.17) is 0 Å². The molecule has 3 aliphatic carbocycles. The molecule has 0 N–H and O–H groups in total. The molecule has 0 aromatic heterocycles. The minimum Gasteiger partial charge on any atom is -0.302 e. The molecule has 0 aliphatic heterocycles. The molecule has 2 bridgehead atoms. The van der Waals surface area contributed by atoms with Gasteiger partial charge in [-0.15, -0.1) is 0 Å². The van der Waals surface area contributed by atoms with Gasteiger partial charge < -0.3 is 9.59 Å². The lowest BCUT2D eigenvalue weighted by Crippen LogP contribution is -2.16. The van der Waals surface area contributed by atoms with Crippen LogP contribution >= 0.6 is 31.9 Å². The zero-order chi connectivity index (χ0) is 17.1. The molecular formula is C20H20Br2O2. The number of alkyl halides is 2. The third-order valence-electron chi connectivity index (χ3n) is 5.10. The quantitative estimate of drug-likeness (QED) is 0.446. The number of rotatable bonds is 4. The molecule has 0 heterocycles. The minimum absolute atomic E-state index is 0.227. The lowest BCUT2D eigenvalue weighted by atomic mass is 9.73. The van der Waals surface area contributed by atoms with Crippen LogP contribution in [0.1, 0.15) is 59.0 Å². The molecule has 126 valence electrons. The lowest BCUT2D eigenvalue weighted by Gasteiger charge is -2.32. The Kier molecular flexibility index (Phi) is 5.88. The van der Waals surface area contributed by atoms with Crippen LogP contribution < -0.4 is 0 Å². The molecule has 24 heavy (non-hydrogen) atoms. The summed E-state index contributed by atoms with van der Waals surface area (Å²) in [7, 11) is 0. The van der Waals surface area contributed by atoms with Crippen LogP contribution in [-0.4, -0.2) is 17.4 Å². The van der Waals surface area contributed by atoms with Crippen molar-refractivity contribution in [3.05, 3.63) is 58.7 Å². The lowest BCUT2D eigenvalue weighted by molar-refractivity contribution is -0.107. The van der Waals surface area contributed by atoms with Crippen LogP contribution in [0.15, 0.2) is 42.0 Å². The Bertz CT molecular complexity index is 693. The van der Waals surface area contributed by atoms with Crippen molar-refractivity contribution in [3.8, 4) is 0 Å². The summed E-state index contributed by atoms with van der Waals surface area (Å²) >= 11 is 6.87. The molecule has 0 amide bonds. The molecule has 1 aromatic carbocycles. The van der Waals surface area contributed by atoms with E-state index < -0.39 is 0 Å². The summed E-state index contributed by atoms with van der Waals surface area (Å²) in [5, 5.41) is 0. The Hall–Kier alpha value is -1.00. The summed E-state index contributed by atoms with van der Waals surface area (Å²) in [6.45, 7) is 0. The van der Waals surface area contributed by atoms with Gasteiger partial charge in [0.25, 0.3) is 0 Å². The number of hydrogen-bond donors (Lipinski definition) is 0. The van der Waals surface area contributed by atoms with Crippen molar-refractivity contribution in [1.82, 2.24) is 0 Å². The van der Waals surface area contributed by atoms with Gasteiger partial charge in [0.2, 0.25) is 0 Å². The predicted molar refractivity (Wildman–Crippen MR) is 104 cm³/mol. The Morgan fingerprint density at radius 1 is 0.958 bits per heavy atom. The van der Waals surface area contributed by atoms with Crippen LogP contribution in [0, 0.1) is 0 Å². The fraction of sp³-hybridized carbons (Fsp3) is 0.400. The van der Waals surface area contributed by atoms with Gasteiger partial charge in [0.05, 0.1) is 9.65 Å². The van der Waals surface area contributed by atoms with Crippen LogP contribution in [0.4, 0.5) is 0 Å². The van der Waals surface area contributed by atoms with E-state index >= 15 is 0 Å². The molecule has 2 nitrogen and oxygen atoms in total. The molecule has 4 atom stereocenters. The van der Waals surface area contributed by atoms with E-state index in [0.717, 1.165) is 36.6 Å². The molecule has 4 heteroatoms. The van der Waals surface area contributed by atoms with Crippen molar-refractivity contribution < 1.29 is 9.59 Å². The highest BCUT2D eigenvalue weighted by Gasteiger charge is 2.27. The topological polar surface area (TPSA) is 34.1 Å². The van der Waals surface area contributed by atoms with Gasteiger partial charge in [0.15, 0.2) is 0 Å². The molecule has 0 saturated heterocycles. The van der Waals surface area contributed by atoms with Crippen LogP contribution in [0.3, 0.4) is 0 Å². The highest BCUT2D eigenvalue weighted by molar-refractivity contribution is 9.10. The van der Waals surface area contributed by atoms with E-state index in [0.29, 0.717) is 11.8 Å². The molecule has 0 fully saturated rings. The first-order chi connectivity index (χ1) is 11.6. The van der Waals surface area contributed by atoms with Crippen molar-refractivity contribution in [1.29, 1.82) is 0 Å². The maximum Gasteiger partial charge on any atom is 0.138 e.